The van der Waals surface area contributed by atoms with Crippen molar-refractivity contribution in [3.05, 3.63) is 64.7 Å². The van der Waals surface area contributed by atoms with Crippen molar-refractivity contribution >= 4 is 5.78 Å². The molecule has 10 nitrogen and oxygen atoms in total. The molecule has 0 bridgehead atoms. The molecule has 0 aromatic heterocycles. The maximum atomic E-state index is 13.5. The summed E-state index contributed by atoms with van der Waals surface area (Å²) in [4.78, 5) is 13.5. The SMILES string of the molecule is COCOc1cc2c(cc1OC)OC(Cc1c(OCOC)ccc3c1OC[C@@H]1c4ccc(OC)cc4O[C@H]31)C2=O. The van der Waals surface area contributed by atoms with Crippen molar-refractivity contribution in [3.8, 4) is 40.2 Å². The van der Waals surface area contributed by atoms with E-state index < -0.39 is 6.10 Å². The molecule has 1 unspecified atom stereocenters. The molecule has 0 fully saturated rings. The molecular weight excluding hydrogens is 520 g/mol. The highest BCUT2D eigenvalue weighted by Crippen LogP contribution is 2.54. The lowest BCUT2D eigenvalue weighted by Crippen LogP contribution is -2.27. The molecule has 3 aliphatic heterocycles. The van der Waals surface area contributed by atoms with Crippen LogP contribution in [0.1, 0.15) is 39.1 Å². The van der Waals surface area contributed by atoms with Crippen LogP contribution in [0.2, 0.25) is 0 Å². The summed E-state index contributed by atoms with van der Waals surface area (Å²) < 4.78 is 51.4. The van der Waals surface area contributed by atoms with E-state index in [1.54, 1.807) is 26.4 Å². The molecule has 210 valence electrons. The van der Waals surface area contributed by atoms with Gasteiger partial charge in [-0.25, -0.2) is 0 Å². The standard InChI is InChI=1S/C30H30O10/c1-32-14-37-22-8-7-18-29(36-13-21-17-6-5-16(34-3)9-23(17)40-30(18)21)20(22)11-27-28(31)19-10-26(38-15-33-2)25(35-4)12-24(19)39-27/h5-10,12,21,27,30H,11,13-15H2,1-4H3/t21-,27?,30-/m1/s1. The molecule has 0 saturated carbocycles. The lowest BCUT2D eigenvalue weighted by Gasteiger charge is -2.30. The number of hydrogen-bond donors (Lipinski definition) is 0. The average Bonchev–Trinajstić information content (AvgIpc) is 3.51. The van der Waals surface area contributed by atoms with Crippen molar-refractivity contribution in [2.24, 2.45) is 0 Å². The second-order valence-electron chi connectivity index (χ2n) is 9.60. The Labute approximate surface area is 231 Å². The fraction of sp³-hybridized carbons (Fsp3) is 0.367. The minimum absolute atomic E-state index is 0.0161. The van der Waals surface area contributed by atoms with E-state index in [0.717, 1.165) is 22.6 Å². The second kappa shape index (κ2) is 10.8. The Kier molecular flexibility index (Phi) is 7.03. The van der Waals surface area contributed by atoms with Crippen LogP contribution in [-0.2, 0) is 15.9 Å². The van der Waals surface area contributed by atoms with Gasteiger partial charge in [0.25, 0.3) is 0 Å². The fourth-order valence-electron chi connectivity index (χ4n) is 5.46. The molecule has 3 aliphatic rings. The van der Waals surface area contributed by atoms with Gasteiger partial charge in [0.15, 0.2) is 31.2 Å². The van der Waals surface area contributed by atoms with E-state index in [1.165, 1.54) is 14.2 Å². The van der Waals surface area contributed by atoms with Crippen LogP contribution < -0.4 is 33.2 Å². The van der Waals surface area contributed by atoms with Gasteiger partial charge in [-0.15, -0.1) is 0 Å². The number of carbonyl (C=O) groups is 1. The molecule has 3 aromatic carbocycles. The van der Waals surface area contributed by atoms with E-state index in [-0.39, 0.29) is 37.8 Å². The largest absolute Gasteiger partial charge is 0.497 e. The number of fused-ring (bicyclic) bond motifs is 6. The smallest absolute Gasteiger partial charge is 0.207 e. The van der Waals surface area contributed by atoms with Gasteiger partial charge in [-0.05, 0) is 24.3 Å². The molecule has 0 spiro atoms. The molecule has 0 amide bonds. The van der Waals surface area contributed by atoms with Crippen molar-refractivity contribution in [1.82, 2.24) is 0 Å². The lowest BCUT2D eigenvalue weighted by atomic mass is 9.87. The van der Waals surface area contributed by atoms with Crippen LogP contribution >= 0.6 is 0 Å². The maximum absolute atomic E-state index is 13.5. The van der Waals surface area contributed by atoms with Crippen LogP contribution in [0.5, 0.6) is 40.2 Å². The Bertz CT molecular complexity index is 1430. The van der Waals surface area contributed by atoms with E-state index in [4.69, 9.17) is 42.6 Å². The number of hydrogen-bond acceptors (Lipinski definition) is 10. The number of carbonyl (C=O) groups excluding carboxylic acids is 1. The van der Waals surface area contributed by atoms with Crippen LogP contribution in [0.15, 0.2) is 42.5 Å². The van der Waals surface area contributed by atoms with Crippen LogP contribution in [0.3, 0.4) is 0 Å². The Morgan fingerprint density at radius 2 is 1.57 bits per heavy atom. The minimum Gasteiger partial charge on any atom is -0.497 e. The molecule has 6 rings (SSSR count). The van der Waals surface area contributed by atoms with Crippen molar-refractivity contribution in [2.45, 2.75) is 24.5 Å². The second-order valence-corrected chi connectivity index (χ2v) is 9.60. The van der Waals surface area contributed by atoms with Crippen LogP contribution in [0.4, 0.5) is 0 Å². The highest BCUT2D eigenvalue weighted by molar-refractivity contribution is 6.05. The zero-order valence-electron chi connectivity index (χ0n) is 22.7. The summed E-state index contributed by atoms with van der Waals surface area (Å²) in [5, 5.41) is 0. The summed E-state index contributed by atoms with van der Waals surface area (Å²) in [5.74, 6) is 3.78. The molecule has 0 N–H and O–H groups in total. The van der Waals surface area contributed by atoms with Crippen LogP contribution in [0.25, 0.3) is 0 Å². The first kappa shape index (κ1) is 26.1. The van der Waals surface area contributed by atoms with Gasteiger partial charge in [-0.3, -0.25) is 4.79 Å². The number of ether oxygens (including phenoxy) is 9. The van der Waals surface area contributed by atoms with Gasteiger partial charge < -0.3 is 42.6 Å². The molecule has 3 atom stereocenters. The summed E-state index contributed by atoms with van der Waals surface area (Å²) in [7, 11) is 6.22. The molecule has 40 heavy (non-hydrogen) atoms. The Hall–Kier alpha value is -4.15. The monoisotopic (exact) mass is 550 g/mol. The Balaban J connectivity index is 1.32. The fourth-order valence-corrected chi connectivity index (χ4v) is 5.46. The van der Waals surface area contributed by atoms with Crippen molar-refractivity contribution in [1.29, 1.82) is 0 Å². The maximum Gasteiger partial charge on any atom is 0.207 e. The van der Waals surface area contributed by atoms with E-state index >= 15 is 0 Å². The third kappa shape index (κ3) is 4.43. The van der Waals surface area contributed by atoms with E-state index in [1.807, 2.05) is 30.3 Å². The van der Waals surface area contributed by atoms with Crippen molar-refractivity contribution in [2.75, 3.05) is 48.6 Å². The molecule has 0 aliphatic carbocycles. The van der Waals surface area contributed by atoms with E-state index in [2.05, 4.69) is 0 Å². The first-order valence-electron chi connectivity index (χ1n) is 12.9. The normalized spacial score (nSPS) is 19.8. The third-order valence-electron chi connectivity index (χ3n) is 7.35. The number of methoxy groups -OCH3 is 4. The minimum atomic E-state index is -0.805. The zero-order chi connectivity index (χ0) is 27.8. The molecule has 3 heterocycles. The summed E-state index contributed by atoms with van der Waals surface area (Å²) in [6.07, 6.45) is -0.839. The zero-order valence-corrected chi connectivity index (χ0v) is 22.7. The number of ketones is 1. The van der Waals surface area contributed by atoms with Gasteiger partial charge in [-0.2, -0.15) is 0 Å². The van der Waals surface area contributed by atoms with Gasteiger partial charge in [-0.1, -0.05) is 6.07 Å². The van der Waals surface area contributed by atoms with Crippen LogP contribution in [-0.4, -0.2) is 60.5 Å². The Morgan fingerprint density at radius 1 is 0.800 bits per heavy atom. The summed E-state index contributed by atoms with van der Waals surface area (Å²) in [6, 6.07) is 12.9. The van der Waals surface area contributed by atoms with E-state index in [0.29, 0.717) is 46.5 Å². The number of benzene rings is 3. The van der Waals surface area contributed by atoms with Gasteiger partial charge in [0.1, 0.15) is 34.9 Å². The predicted molar refractivity (Wildman–Crippen MR) is 141 cm³/mol. The van der Waals surface area contributed by atoms with Crippen molar-refractivity contribution < 1.29 is 47.4 Å². The molecular formula is C30H30O10. The Morgan fingerprint density at radius 3 is 2.33 bits per heavy atom. The summed E-state index contributed by atoms with van der Waals surface area (Å²) >= 11 is 0. The molecule has 0 saturated heterocycles. The predicted octanol–water partition coefficient (Wildman–Crippen LogP) is 4.47. The van der Waals surface area contributed by atoms with Gasteiger partial charge >= 0.3 is 0 Å². The topological polar surface area (TPSA) is 100 Å². The summed E-state index contributed by atoms with van der Waals surface area (Å²) in [6.45, 7) is 0.466. The van der Waals surface area contributed by atoms with Crippen molar-refractivity contribution in [3.63, 3.8) is 0 Å². The summed E-state index contributed by atoms with van der Waals surface area (Å²) in [5.41, 5.74) is 3.07. The molecule has 10 heteroatoms. The highest BCUT2D eigenvalue weighted by Gasteiger charge is 2.43. The highest BCUT2D eigenvalue weighted by atomic mass is 16.7. The molecule has 0 radical (unpaired) electrons. The number of rotatable bonds is 10. The quantitative estimate of drug-likeness (QED) is 0.336. The van der Waals surface area contributed by atoms with Crippen LogP contribution in [0, 0.1) is 0 Å². The van der Waals surface area contributed by atoms with Gasteiger partial charge in [0, 0.05) is 49.5 Å². The molecule has 3 aromatic rings. The number of Topliss-reactive ketones (excluding diaryl/α,β-unsaturated/α-hetero) is 1. The first-order chi connectivity index (χ1) is 19.6. The average molecular weight is 551 g/mol. The lowest BCUT2D eigenvalue weighted by molar-refractivity contribution is 0.0490. The van der Waals surface area contributed by atoms with E-state index in [9.17, 15) is 4.79 Å². The first-order valence-corrected chi connectivity index (χ1v) is 12.9. The van der Waals surface area contributed by atoms with Gasteiger partial charge in [0.05, 0.1) is 32.3 Å². The van der Waals surface area contributed by atoms with Gasteiger partial charge in [0.2, 0.25) is 5.78 Å². The third-order valence-corrected chi connectivity index (χ3v) is 7.35.